The Labute approximate surface area is 171 Å². The lowest BCUT2D eigenvalue weighted by Crippen LogP contribution is -2.52. The van der Waals surface area contributed by atoms with E-state index in [1.54, 1.807) is 0 Å². The van der Waals surface area contributed by atoms with Gasteiger partial charge in [-0.1, -0.05) is 13.8 Å². The maximum absolute atomic E-state index is 13.1. The van der Waals surface area contributed by atoms with Crippen LogP contribution in [0.3, 0.4) is 0 Å². The molecule has 2 aliphatic heterocycles. The lowest BCUT2D eigenvalue weighted by molar-refractivity contribution is -0.274. The van der Waals surface area contributed by atoms with E-state index in [1.165, 1.54) is 17.0 Å². The third-order valence-electron chi connectivity index (χ3n) is 5.06. The van der Waals surface area contributed by atoms with Crippen molar-refractivity contribution in [2.75, 3.05) is 13.2 Å². The Bertz CT molecular complexity index is 810. The number of carbonyl (C=O) groups excluding carboxylic acids is 3. The number of amides is 2. The average molecular weight is 428 g/mol. The van der Waals surface area contributed by atoms with Gasteiger partial charge in [0.25, 0.3) is 5.91 Å². The SMILES string of the molecule is CC(C)C[C@H](NC(=O)c1ccc(OC(F)(F)F)cc1)C(=O)N1CCC2OCC(=O)C21. The number of nitrogens with zero attached hydrogens (tertiary/aromatic N) is 1. The number of alkyl halides is 3. The second-order valence-electron chi connectivity index (χ2n) is 7.81. The molecule has 2 saturated heterocycles. The van der Waals surface area contributed by atoms with Crippen LogP contribution in [0.15, 0.2) is 24.3 Å². The van der Waals surface area contributed by atoms with Crippen LogP contribution >= 0.6 is 0 Å². The number of fused-ring (bicyclic) bond motifs is 1. The summed E-state index contributed by atoms with van der Waals surface area (Å²) in [5, 5.41) is 2.66. The van der Waals surface area contributed by atoms with Gasteiger partial charge in [0.05, 0.1) is 6.10 Å². The molecule has 30 heavy (non-hydrogen) atoms. The molecule has 7 nitrogen and oxygen atoms in total. The summed E-state index contributed by atoms with van der Waals surface area (Å²) in [4.78, 5) is 39.3. The molecule has 0 aromatic heterocycles. The van der Waals surface area contributed by atoms with Crippen molar-refractivity contribution in [3.8, 4) is 5.75 Å². The second-order valence-corrected chi connectivity index (χ2v) is 7.81. The molecule has 3 rings (SSSR count). The summed E-state index contributed by atoms with van der Waals surface area (Å²) in [6.07, 6.45) is -4.22. The van der Waals surface area contributed by atoms with Crippen molar-refractivity contribution >= 4 is 17.6 Å². The van der Waals surface area contributed by atoms with E-state index in [0.29, 0.717) is 19.4 Å². The van der Waals surface area contributed by atoms with Gasteiger partial charge in [-0.2, -0.15) is 0 Å². The standard InChI is InChI=1S/C20H23F3N2O5/c1-11(2)9-14(19(28)25-8-7-16-17(25)15(26)10-29-16)24-18(27)12-3-5-13(6-4-12)30-20(21,22)23/h3-6,11,14,16-17H,7-10H2,1-2H3,(H,24,27)/t14-,16?,17?/m0/s1. The molecular weight excluding hydrogens is 405 g/mol. The first kappa shape index (κ1) is 22.1. The molecule has 1 aromatic carbocycles. The maximum Gasteiger partial charge on any atom is 0.573 e. The fourth-order valence-corrected chi connectivity index (χ4v) is 3.78. The van der Waals surface area contributed by atoms with Gasteiger partial charge in [-0.3, -0.25) is 14.4 Å². The minimum Gasteiger partial charge on any atom is -0.406 e. The van der Waals surface area contributed by atoms with Crippen LogP contribution in [0, 0.1) is 5.92 Å². The van der Waals surface area contributed by atoms with E-state index in [0.717, 1.165) is 12.1 Å². The predicted molar refractivity (Wildman–Crippen MR) is 98.7 cm³/mol. The summed E-state index contributed by atoms with van der Waals surface area (Å²) in [5.41, 5.74) is 0.0886. The van der Waals surface area contributed by atoms with Gasteiger partial charge >= 0.3 is 6.36 Å². The molecule has 3 atom stereocenters. The number of ketones is 1. The van der Waals surface area contributed by atoms with Crippen molar-refractivity contribution < 1.29 is 37.0 Å². The molecule has 10 heteroatoms. The highest BCUT2D eigenvalue weighted by molar-refractivity contribution is 5.99. The first-order valence-electron chi connectivity index (χ1n) is 9.66. The van der Waals surface area contributed by atoms with Crippen LogP contribution in [0.1, 0.15) is 37.0 Å². The first-order chi connectivity index (χ1) is 14.0. The van der Waals surface area contributed by atoms with E-state index in [2.05, 4.69) is 10.1 Å². The van der Waals surface area contributed by atoms with Crippen molar-refractivity contribution in [2.45, 2.75) is 51.2 Å². The molecule has 1 N–H and O–H groups in total. The van der Waals surface area contributed by atoms with Gasteiger partial charge in [-0.15, -0.1) is 13.2 Å². The number of likely N-dealkylation sites (tertiary alicyclic amines) is 1. The summed E-state index contributed by atoms with van der Waals surface area (Å²) >= 11 is 0. The van der Waals surface area contributed by atoms with Crippen molar-refractivity contribution in [2.24, 2.45) is 5.92 Å². The highest BCUT2D eigenvalue weighted by Crippen LogP contribution is 2.28. The summed E-state index contributed by atoms with van der Waals surface area (Å²) in [6, 6.07) is 2.95. The summed E-state index contributed by atoms with van der Waals surface area (Å²) < 4.78 is 46.0. The quantitative estimate of drug-likeness (QED) is 0.752. The lowest BCUT2D eigenvalue weighted by atomic mass is 10.0. The Morgan fingerprint density at radius 1 is 1.27 bits per heavy atom. The molecule has 2 aliphatic rings. The molecule has 2 amide bonds. The zero-order chi connectivity index (χ0) is 22.1. The lowest BCUT2D eigenvalue weighted by Gasteiger charge is -2.28. The third-order valence-corrected chi connectivity index (χ3v) is 5.06. The number of hydrogen-bond donors (Lipinski definition) is 1. The minimum atomic E-state index is -4.83. The van der Waals surface area contributed by atoms with E-state index in [-0.39, 0.29) is 35.9 Å². The number of benzene rings is 1. The van der Waals surface area contributed by atoms with Gasteiger partial charge in [-0.25, -0.2) is 0 Å². The highest BCUT2D eigenvalue weighted by Gasteiger charge is 2.48. The average Bonchev–Trinajstić information content (AvgIpc) is 3.22. The predicted octanol–water partition coefficient (Wildman–Crippen LogP) is 2.30. The number of ether oxygens (including phenoxy) is 2. The van der Waals surface area contributed by atoms with Crippen LogP contribution in [-0.4, -0.2) is 60.2 Å². The molecule has 0 aliphatic carbocycles. The normalized spacial score (nSPS) is 22.2. The topological polar surface area (TPSA) is 84.9 Å². The number of carbonyl (C=O) groups is 3. The fourth-order valence-electron chi connectivity index (χ4n) is 3.78. The molecule has 2 heterocycles. The fraction of sp³-hybridized carbons (Fsp3) is 0.550. The Kier molecular flexibility index (Phi) is 6.35. The summed E-state index contributed by atoms with van der Waals surface area (Å²) in [6.45, 7) is 4.14. The number of nitrogens with one attached hydrogen (secondary N) is 1. The first-order valence-corrected chi connectivity index (χ1v) is 9.66. The molecule has 0 spiro atoms. The van der Waals surface area contributed by atoms with E-state index in [1.807, 2.05) is 13.8 Å². The summed E-state index contributed by atoms with van der Waals surface area (Å²) in [7, 11) is 0. The van der Waals surface area contributed by atoms with E-state index < -0.39 is 30.1 Å². The number of hydrogen-bond acceptors (Lipinski definition) is 5. The van der Waals surface area contributed by atoms with E-state index >= 15 is 0 Å². The molecule has 164 valence electrons. The molecular formula is C20H23F3N2O5. The van der Waals surface area contributed by atoms with Crippen LogP contribution in [0.2, 0.25) is 0 Å². The van der Waals surface area contributed by atoms with Crippen LogP contribution in [0.25, 0.3) is 0 Å². The molecule has 2 fully saturated rings. The number of halogens is 3. The zero-order valence-corrected chi connectivity index (χ0v) is 16.6. The Morgan fingerprint density at radius 2 is 1.93 bits per heavy atom. The minimum absolute atomic E-state index is 0.0212. The zero-order valence-electron chi connectivity index (χ0n) is 16.6. The smallest absolute Gasteiger partial charge is 0.406 e. The number of Topliss-reactive ketones (excluding diaryl/α,β-unsaturated/α-hetero) is 1. The maximum atomic E-state index is 13.1. The number of rotatable bonds is 6. The third kappa shape index (κ3) is 5.10. The van der Waals surface area contributed by atoms with E-state index in [4.69, 9.17) is 4.74 Å². The Morgan fingerprint density at radius 3 is 2.53 bits per heavy atom. The van der Waals surface area contributed by atoms with Gasteiger partial charge < -0.3 is 19.7 Å². The second kappa shape index (κ2) is 8.63. The van der Waals surface area contributed by atoms with E-state index in [9.17, 15) is 27.6 Å². The highest BCUT2D eigenvalue weighted by atomic mass is 19.4. The van der Waals surface area contributed by atoms with Gasteiger partial charge in [0, 0.05) is 12.1 Å². The van der Waals surface area contributed by atoms with Crippen molar-refractivity contribution in [3.05, 3.63) is 29.8 Å². The van der Waals surface area contributed by atoms with Gasteiger partial charge in [-0.05, 0) is 43.0 Å². The molecule has 0 radical (unpaired) electrons. The Balaban J connectivity index is 1.70. The van der Waals surface area contributed by atoms with Gasteiger partial charge in [0.2, 0.25) is 5.91 Å². The monoisotopic (exact) mass is 428 g/mol. The van der Waals surface area contributed by atoms with Crippen LogP contribution in [0.5, 0.6) is 5.75 Å². The largest absolute Gasteiger partial charge is 0.573 e. The van der Waals surface area contributed by atoms with Crippen LogP contribution < -0.4 is 10.1 Å². The molecule has 0 bridgehead atoms. The summed E-state index contributed by atoms with van der Waals surface area (Å²) in [5.74, 6) is -1.48. The van der Waals surface area contributed by atoms with Crippen molar-refractivity contribution in [1.82, 2.24) is 10.2 Å². The molecule has 0 saturated carbocycles. The van der Waals surface area contributed by atoms with Gasteiger partial charge in [0.15, 0.2) is 5.78 Å². The molecule has 2 unspecified atom stereocenters. The van der Waals surface area contributed by atoms with Crippen molar-refractivity contribution in [3.63, 3.8) is 0 Å². The van der Waals surface area contributed by atoms with Crippen LogP contribution in [0.4, 0.5) is 13.2 Å². The van der Waals surface area contributed by atoms with Gasteiger partial charge in [0.1, 0.15) is 24.4 Å². The molecule has 1 aromatic rings. The van der Waals surface area contributed by atoms with Crippen molar-refractivity contribution in [1.29, 1.82) is 0 Å². The Hall–Kier alpha value is -2.62. The van der Waals surface area contributed by atoms with Crippen LogP contribution in [-0.2, 0) is 14.3 Å².